The molecule has 0 amide bonds. The Kier molecular flexibility index (Phi) is 2.22. The maximum Gasteiger partial charge on any atom is 0.0400 e. The number of halogens is 1. The van der Waals surface area contributed by atoms with Gasteiger partial charge in [0.05, 0.1) is 0 Å². The molecule has 1 aromatic rings. The molecule has 0 fully saturated rings. The maximum absolute atomic E-state index is 3.73. The lowest BCUT2D eigenvalue weighted by molar-refractivity contribution is 0.499. The summed E-state index contributed by atoms with van der Waals surface area (Å²) >= 11 is 3.73. The van der Waals surface area contributed by atoms with Gasteiger partial charge < -0.3 is 0 Å². The van der Waals surface area contributed by atoms with E-state index < -0.39 is 0 Å². The average Bonchev–Trinajstić information content (AvgIpc) is 2.04. The summed E-state index contributed by atoms with van der Waals surface area (Å²) < 4.78 is 0. The Morgan fingerprint density at radius 3 is 2.92 bits per heavy atom. The normalized spacial score (nSPS) is 28.2. The topological polar surface area (TPSA) is 0 Å². The molecule has 0 N–H and O–H groups in total. The SMILES string of the molecule is CC1Cc2ccccc2C(Br)C1. The van der Waals surface area contributed by atoms with E-state index in [1.165, 1.54) is 24.0 Å². The fourth-order valence-corrected chi connectivity index (χ4v) is 3.05. The van der Waals surface area contributed by atoms with Gasteiger partial charge in [0.15, 0.2) is 0 Å². The molecule has 2 unspecified atom stereocenters. The van der Waals surface area contributed by atoms with Gasteiger partial charge in [-0.05, 0) is 29.9 Å². The number of benzene rings is 1. The van der Waals surface area contributed by atoms with E-state index in [9.17, 15) is 0 Å². The highest BCUT2D eigenvalue weighted by molar-refractivity contribution is 9.09. The van der Waals surface area contributed by atoms with Gasteiger partial charge in [-0.15, -0.1) is 0 Å². The Bertz CT molecular complexity index is 280. The van der Waals surface area contributed by atoms with Crippen molar-refractivity contribution in [3.63, 3.8) is 0 Å². The van der Waals surface area contributed by atoms with Crippen LogP contribution >= 0.6 is 15.9 Å². The minimum atomic E-state index is 0.581. The first kappa shape index (κ1) is 8.31. The average molecular weight is 225 g/mol. The predicted octanol–water partition coefficient (Wildman–Crippen LogP) is 3.70. The third-order valence-corrected chi connectivity index (χ3v) is 3.44. The van der Waals surface area contributed by atoms with Crippen molar-refractivity contribution in [1.82, 2.24) is 0 Å². The molecule has 0 nitrogen and oxygen atoms in total. The van der Waals surface area contributed by atoms with Gasteiger partial charge in [-0.3, -0.25) is 0 Å². The molecule has 2 rings (SSSR count). The Hall–Kier alpha value is -0.300. The van der Waals surface area contributed by atoms with Gasteiger partial charge >= 0.3 is 0 Å². The summed E-state index contributed by atoms with van der Waals surface area (Å²) in [5.41, 5.74) is 3.02. The molecular formula is C11H13Br. The van der Waals surface area contributed by atoms with Crippen molar-refractivity contribution in [1.29, 1.82) is 0 Å². The third-order valence-electron chi connectivity index (χ3n) is 2.57. The summed E-state index contributed by atoms with van der Waals surface area (Å²) in [5, 5.41) is 0. The molecule has 2 atom stereocenters. The number of hydrogen-bond donors (Lipinski definition) is 0. The molecule has 1 aliphatic rings. The Morgan fingerprint density at radius 1 is 1.33 bits per heavy atom. The van der Waals surface area contributed by atoms with Crippen LogP contribution in [0.1, 0.15) is 29.3 Å². The lowest BCUT2D eigenvalue weighted by Gasteiger charge is -2.25. The molecule has 12 heavy (non-hydrogen) atoms. The van der Waals surface area contributed by atoms with E-state index in [1.54, 1.807) is 0 Å². The number of hydrogen-bond acceptors (Lipinski definition) is 0. The van der Waals surface area contributed by atoms with Crippen LogP contribution in [0.4, 0.5) is 0 Å². The standard InChI is InChI=1S/C11H13Br/c1-8-6-9-4-2-3-5-10(9)11(12)7-8/h2-5,8,11H,6-7H2,1H3. The summed E-state index contributed by atoms with van der Waals surface area (Å²) in [6, 6.07) is 8.75. The second-order valence-electron chi connectivity index (χ2n) is 3.71. The van der Waals surface area contributed by atoms with Gasteiger partial charge in [-0.25, -0.2) is 0 Å². The van der Waals surface area contributed by atoms with Gasteiger partial charge in [0.2, 0.25) is 0 Å². The molecule has 0 saturated heterocycles. The van der Waals surface area contributed by atoms with E-state index in [2.05, 4.69) is 47.1 Å². The second kappa shape index (κ2) is 3.21. The van der Waals surface area contributed by atoms with Crippen molar-refractivity contribution in [2.24, 2.45) is 5.92 Å². The molecule has 0 spiro atoms. The maximum atomic E-state index is 3.73. The van der Waals surface area contributed by atoms with Crippen molar-refractivity contribution in [3.05, 3.63) is 35.4 Å². The Balaban J connectivity index is 2.40. The van der Waals surface area contributed by atoms with Crippen LogP contribution in [0, 0.1) is 5.92 Å². The van der Waals surface area contributed by atoms with E-state index in [0.717, 1.165) is 5.92 Å². The quantitative estimate of drug-likeness (QED) is 0.590. The molecule has 0 bridgehead atoms. The van der Waals surface area contributed by atoms with E-state index >= 15 is 0 Å². The molecule has 0 heterocycles. The Labute approximate surface area is 82.1 Å². The molecular weight excluding hydrogens is 212 g/mol. The fraction of sp³-hybridized carbons (Fsp3) is 0.455. The van der Waals surface area contributed by atoms with Crippen LogP contribution < -0.4 is 0 Å². The van der Waals surface area contributed by atoms with Gasteiger partial charge in [0.1, 0.15) is 0 Å². The zero-order valence-corrected chi connectivity index (χ0v) is 8.84. The fourth-order valence-electron chi connectivity index (χ4n) is 1.96. The van der Waals surface area contributed by atoms with Gasteiger partial charge in [-0.2, -0.15) is 0 Å². The highest BCUT2D eigenvalue weighted by Crippen LogP contribution is 2.38. The highest BCUT2D eigenvalue weighted by atomic mass is 79.9. The molecule has 0 aromatic heterocycles. The van der Waals surface area contributed by atoms with Crippen LogP contribution in [0.25, 0.3) is 0 Å². The smallest absolute Gasteiger partial charge is 0.0400 e. The van der Waals surface area contributed by atoms with Crippen LogP contribution in [-0.4, -0.2) is 0 Å². The summed E-state index contributed by atoms with van der Waals surface area (Å²) in [6.45, 7) is 2.32. The van der Waals surface area contributed by atoms with Crippen molar-refractivity contribution >= 4 is 15.9 Å². The molecule has 0 aliphatic heterocycles. The van der Waals surface area contributed by atoms with Gasteiger partial charge in [0.25, 0.3) is 0 Å². The zero-order chi connectivity index (χ0) is 8.55. The molecule has 1 heteroatoms. The summed E-state index contributed by atoms with van der Waals surface area (Å²) in [4.78, 5) is 0.581. The summed E-state index contributed by atoms with van der Waals surface area (Å²) in [5.74, 6) is 0.823. The van der Waals surface area contributed by atoms with E-state index in [1.807, 2.05) is 0 Å². The molecule has 0 saturated carbocycles. The van der Waals surface area contributed by atoms with Crippen LogP contribution in [0.2, 0.25) is 0 Å². The van der Waals surface area contributed by atoms with Crippen molar-refractivity contribution in [2.45, 2.75) is 24.6 Å². The lowest BCUT2D eigenvalue weighted by Crippen LogP contribution is -2.12. The molecule has 1 aromatic carbocycles. The predicted molar refractivity (Wildman–Crippen MR) is 55.6 cm³/mol. The molecule has 1 aliphatic carbocycles. The third kappa shape index (κ3) is 1.42. The van der Waals surface area contributed by atoms with Crippen LogP contribution in [0.3, 0.4) is 0 Å². The van der Waals surface area contributed by atoms with Crippen LogP contribution in [0.5, 0.6) is 0 Å². The largest absolute Gasteiger partial charge is 0.0839 e. The first-order chi connectivity index (χ1) is 5.77. The van der Waals surface area contributed by atoms with Crippen molar-refractivity contribution < 1.29 is 0 Å². The van der Waals surface area contributed by atoms with Gasteiger partial charge in [0, 0.05) is 4.83 Å². The number of alkyl halides is 1. The summed E-state index contributed by atoms with van der Waals surface area (Å²) in [7, 11) is 0. The lowest BCUT2D eigenvalue weighted by atomic mass is 9.85. The number of rotatable bonds is 0. The first-order valence-corrected chi connectivity index (χ1v) is 5.41. The van der Waals surface area contributed by atoms with Crippen molar-refractivity contribution in [2.75, 3.05) is 0 Å². The molecule has 0 radical (unpaired) electrons. The highest BCUT2D eigenvalue weighted by Gasteiger charge is 2.21. The van der Waals surface area contributed by atoms with E-state index in [-0.39, 0.29) is 0 Å². The molecule has 64 valence electrons. The van der Waals surface area contributed by atoms with E-state index in [4.69, 9.17) is 0 Å². The van der Waals surface area contributed by atoms with Gasteiger partial charge in [-0.1, -0.05) is 47.1 Å². The van der Waals surface area contributed by atoms with Crippen LogP contribution in [-0.2, 0) is 6.42 Å². The summed E-state index contributed by atoms with van der Waals surface area (Å²) in [6.07, 6.45) is 2.52. The zero-order valence-electron chi connectivity index (χ0n) is 7.26. The minimum absolute atomic E-state index is 0.581. The van der Waals surface area contributed by atoms with Crippen molar-refractivity contribution in [3.8, 4) is 0 Å². The number of fused-ring (bicyclic) bond motifs is 1. The monoisotopic (exact) mass is 224 g/mol. The first-order valence-electron chi connectivity index (χ1n) is 4.49. The minimum Gasteiger partial charge on any atom is -0.0839 e. The Morgan fingerprint density at radius 2 is 2.08 bits per heavy atom. The second-order valence-corrected chi connectivity index (χ2v) is 4.82. The van der Waals surface area contributed by atoms with Crippen LogP contribution in [0.15, 0.2) is 24.3 Å². The van der Waals surface area contributed by atoms with E-state index in [0.29, 0.717) is 4.83 Å².